The molecule has 2 rings (SSSR count). The first kappa shape index (κ1) is 14.2. The fourth-order valence-corrected chi connectivity index (χ4v) is 2.27. The number of nitrogens with zero attached hydrogens (tertiary/aromatic N) is 3. The molecule has 0 spiro atoms. The molecular weight excluding hydrogens is 306 g/mol. The second-order valence-corrected chi connectivity index (χ2v) is 5.62. The van der Waals surface area contributed by atoms with Crippen molar-refractivity contribution in [1.82, 2.24) is 14.7 Å². The monoisotopic (exact) mass is 323 g/mol. The van der Waals surface area contributed by atoms with Gasteiger partial charge in [-0.15, -0.1) is 0 Å². The predicted molar refractivity (Wildman–Crippen MR) is 78.7 cm³/mol. The highest BCUT2D eigenvalue weighted by atomic mass is 79.9. The molecule has 19 heavy (non-hydrogen) atoms. The Morgan fingerprint density at radius 2 is 2.11 bits per heavy atom. The summed E-state index contributed by atoms with van der Waals surface area (Å²) in [5.41, 5.74) is 1.23. The summed E-state index contributed by atoms with van der Waals surface area (Å²) in [6, 6.07) is 10.1. The van der Waals surface area contributed by atoms with Gasteiger partial charge in [0.2, 0.25) is 0 Å². The van der Waals surface area contributed by atoms with Crippen molar-refractivity contribution in [3.05, 3.63) is 52.8 Å². The molecule has 1 atom stereocenters. The highest BCUT2D eigenvalue weighted by Crippen LogP contribution is 2.11. The van der Waals surface area contributed by atoms with E-state index in [-0.39, 0.29) is 0 Å². The molecule has 0 saturated carbocycles. The van der Waals surface area contributed by atoms with Gasteiger partial charge in [0.25, 0.3) is 0 Å². The Kier molecular flexibility index (Phi) is 5.13. The molecule has 4 nitrogen and oxygen atoms in total. The summed E-state index contributed by atoms with van der Waals surface area (Å²) < 4.78 is 2.83. The van der Waals surface area contributed by atoms with Crippen LogP contribution < -0.4 is 0 Å². The largest absolute Gasteiger partial charge is 0.390 e. The lowest BCUT2D eigenvalue weighted by Crippen LogP contribution is -2.31. The normalized spacial score (nSPS) is 12.8. The van der Waals surface area contributed by atoms with Gasteiger partial charge in [0.05, 0.1) is 12.6 Å². The van der Waals surface area contributed by atoms with Crippen molar-refractivity contribution in [3.63, 3.8) is 0 Å². The van der Waals surface area contributed by atoms with Crippen LogP contribution in [0.1, 0.15) is 5.56 Å². The van der Waals surface area contributed by atoms with Crippen molar-refractivity contribution < 1.29 is 5.11 Å². The van der Waals surface area contributed by atoms with Gasteiger partial charge in [-0.05, 0) is 30.8 Å². The van der Waals surface area contributed by atoms with Gasteiger partial charge in [-0.2, -0.15) is 5.10 Å². The molecule has 0 aliphatic heterocycles. The van der Waals surface area contributed by atoms with E-state index in [9.17, 15) is 5.11 Å². The van der Waals surface area contributed by atoms with Crippen LogP contribution in [0.2, 0.25) is 0 Å². The molecule has 102 valence electrons. The first-order valence-corrected chi connectivity index (χ1v) is 7.01. The molecule has 1 N–H and O–H groups in total. The first-order valence-electron chi connectivity index (χ1n) is 6.22. The maximum atomic E-state index is 10.0. The zero-order valence-electron chi connectivity index (χ0n) is 10.9. The van der Waals surface area contributed by atoms with Crippen LogP contribution in [0.5, 0.6) is 0 Å². The van der Waals surface area contributed by atoms with Gasteiger partial charge in [0.1, 0.15) is 0 Å². The Morgan fingerprint density at radius 3 is 2.74 bits per heavy atom. The summed E-state index contributed by atoms with van der Waals surface area (Å²) in [6.07, 6.45) is 3.16. The molecule has 5 heteroatoms. The zero-order valence-corrected chi connectivity index (χ0v) is 12.5. The smallest absolute Gasteiger partial charge is 0.0862 e. The number of hydrogen-bond acceptors (Lipinski definition) is 3. The summed E-state index contributed by atoms with van der Waals surface area (Å²) in [5.74, 6) is 0. The van der Waals surface area contributed by atoms with Crippen LogP contribution in [0.4, 0.5) is 0 Å². The van der Waals surface area contributed by atoms with E-state index >= 15 is 0 Å². The average molecular weight is 324 g/mol. The Labute approximate surface area is 121 Å². The van der Waals surface area contributed by atoms with Gasteiger partial charge in [0, 0.05) is 30.0 Å². The lowest BCUT2D eigenvalue weighted by atomic mass is 10.2. The molecule has 0 saturated heterocycles. The SMILES string of the molecule is CN(Cc1ccc(Br)cc1)CC(O)Cn1cccn1. The predicted octanol–water partition coefficient (Wildman–Crippen LogP) is 2.14. The lowest BCUT2D eigenvalue weighted by molar-refractivity contribution is 0.104. The maximum Gasteiger partial charge on any atom is 0.0862 e. The number of halogens is 1. The summed E-state index contributed by atoms with van der Waals surface area (Å²) in [6.45, 7) is 1.97. The zero-order chi connectivity index (χ0) is 13.7. The van der Waals surface area contributed by atoms with E-state index in [4.69, 9.17) is 0 Å². The van der Waals surface area contributed by atoms with E-state index in [2.05, 4.69) is 38.1 Å². The molecule has 0 aliphatic carbocycles. The third-order valence-corrected chi connectivity index (χ3v) is 3.37. The van der Waals surface area contributed by atoms with Crippen LogP contribution in [-0.2, 0) is 13.1 Å². The number of aliphatic hydroxyl groups is 1. The molecular formula is C14H18BrN3O. The van der Waals surface area contributed by atoms with E-state index in [1.807, 2.05) is 31.4 Å². The minimum atomic E-state index is -0.416. The van der Waals surface area contributed by atoms with Gasteiger partial charge >= 0.3 is 0 Å². The van der Waals surface area contributed by atoms with Gasteiger partial charge in [-0.25, -0.2) is 0 Å². The summed E-state index contributed by atoms with van der Waals surface area (Å²) in [4.78, 5) is 2.11. The molecule has 1 aromatic carbocycles. The Bertz CT molecular complexity index is 484. The van der Waals surface area contributed by atoms with Crippen molar-refractivity contribution >= 4 is 15.9 Å². The molecule has 1 heterocycles. The highest BCUT2D eigenvalue weighted by Gasteiger charge is 2.09. The molecule has 0 fully saturated rings. The van der Waals surface area contributed by atoms with Crippen molar-refractivity contribution in [2.75, 3.05) is 13.6 Å². The van der Waals surface area contributed by atoms with Crippen molar-refractivity contribution in [2.45, 2.75) is 19.2 Å². The number of likely N-dealkylation sites (N-methyl/N-ethyl adjacent to an activating group) is 1. The Hall–Kier alpha value is -1.17. The van der Waals surface area contributed by atoms with Gasteiger partial charge < -0.3 is 5.11 Å². The molecule has 1 unspecified atom stereocenters. The van der Waals surface area contributed by atoms with Crippen LogP contribution in [0.25, 0.3) is 0 Å². The fourth-order valence-electron chi connectivity index (χ4n) is 2.01. The molecule has 0 aliphatic rings. The summed E-state index contributed by atoms with van der Waals surface area (Å²) in [7, 11) is 2.01. The number of aromatic nitrogens is 2. The van der Waals surface area contributed by atoms with Crippen LogP contribution >= 0.6 is 15.9 Å². The third kappa shape index (κ3) is 4.78. The second kappa shape index (κ2) is 6.84. The van der Waals surface area contributed by atoms with Crippen LogP contribution in [0.3, 0.4) is 0 Å². The highest BCUT2D eigenvalue weighted by molar-refractivity contribution is 9.10. The Morgan fingerprint density at radius 1 is 1.37 bits per heavy atom. The lowest BCUT2D eigenvalue weighted by Gasteiger charge is -2.20. The van der Waals surface area contributed by atoms with Gasteiger partial charge in [-0.3, -0.25) is 9.58 Å². The molecule has 0 amide bonds. The number of aliphatic hydroxyl groups excluding tert-OH is 1. The molecule has 2 aromatic rings. The molecule has 1 aromatic heterocycles. The number of rotatable bonds is 6. The van der Waals surface area contributed by atoms with Crippen molar-refractivity contribution in [1.29, 1.82) is 0 Å². The quantitative estimate of drug-likeness (QED) is 0.885. The van der Waals surface area contributed by atoms with Crippen LogP contribution in [0, 0.1) is 0 Å². The fraction of sp³-hybridized carbons (Fsp3) is 0.357. The summed E-state index contributed by atoms with van der Waals surface area (Å²) in [5, 5.41) is 14.1. The molecule has 0 bridgehead atoms. The Balaban J connectivity index is 1.80. The topological polar surface area (TPSA) is 41.3 Å². The minimum Gasteiger partial charge on any atom is -0.390 e. The van der Waals surface area contributed by atoms with E-state index in [1.165, 1.54) is 5.56 Å². The average Bonchev–Trinajstić information content (AvgIpc) is 2.84. The van der Waals surface area contributed by atoms with E-state index in [1.54, 1.807) is 10.9 Å². The van der Waals surface area contributed by atoms with Gasteiger partial charge in [-0.1, -0.05) is 28.1 Å². The van der Waals surface area contributed by atoms with Gasteiger partial charge in [0.15, 0.2) is 0 Å². The second-order valence-electron chi connectivity index (χ2n) is 4.71. The standard InChI is InChI=1S/C14H18BrN3O/c1-17(9-12-3-5-13(15)6-4-12)10-14(19)11-18-8-2-7-16-18/h2-8,14,19H,9-11H2,1H3. The van der Waals surface area contributed by atoms with E-state index < -0.39 is 6.10 Å². The van der Waals surface area contributed by atoms with E-state index in [0.29, 0.717) is 13.1 Å². The van der Waals surface area contributed by atoms with Crippen LogP contribution in [0.15, 0.2) is 47.2 Å². The number of hydrogen-bond donors (Lipinski definition) is 1. The molecule has 0 radical (unpaired) electrons. The summed E-state index contributed by atoms with van der Waals surface area (Å²) >= 11 is 3.42. The number of benzene rings is 1. The third-order valence-electron chi connectivity index (χ3n) is 2.85. The first-order chi connectivity index (χ1) is 9.13. The minimum absolute atomic E-state index is 0.416. The van der Waals surface area contributed by atoms with Crippen molar-refractivity contribution in [2.24, 2.45) is 0 Å². The van der Waals surface area contributed by atoms with Crippen molar-refractivity contribution in [3.8, 4) is 0 Å². The van der Waals surface area contributed by atoms with E-state index in [0.717, 1.165) is 11.0 Å². The van der Waals surface area contributed by atoms with Crippen LogP contribution in [-0.4, -0.2) is 39.5 Å². The maximum absolute atomic E-state index is 10.0.